The van der Waals surface area contributed by atoms with Crippen LogP contribution < -0.4 is 15.4 Å². The topological polar surface area (TPSA) is 97.0 Å². The molecule has 0 fully saturated rings. The van der Waals surface area contributed by atoms with Crippen molar-refractivity contribution in [1.29, 1.82) is 0 Å². The highest BCUT2D eigenvalue weighted by Crippen LogP contribution is 2.29. The third-order valence-corrected chi connectivity index (χ3v) is 5.16. The Morgan fingerprint density at radius 3 is 2.09 bits per heavy atom. The van der Waals surface area contributed by atoms with E-state index >= 15 is 0 Å². The number of carbonyl (C=O) groups is 3. The van der Waals surface area contributed by atoms with Crippen LogP contribution in [0.4, 0.5) is 10.5 Å². The number of aryl methyl sites for hydroxylation is 2. The maximum absolute atomic E-state index is 13.6. The van der Waals surface area contributed by atoms with Crippen LogP contribution in [0.3, 0.4) is 0 Å². The molecule has 2 N–H and O–H groups in total. The van der Waals surface area contributed by atoms with Crippen molar-refractivity contribution < 1.29 is 23.9 Å². The molecular weight excluding hydrogens is 446 g/mol. The summed E-state index contributed by atoms with van der Waals surface area (Å²) in [6.07, 6.45) is 5.00. The van der Waals surface area contributed by atoms with E-state index in [-0.39, 0.29) is 0 Å². The van der Waals surface area contributed by atoms with E-state index in [0.717, 1.165) is 16.0 Å². The molecule has 0 bridgehead atoms. The molecule has 8 heteroatoms. The van der Waals surface area contributed by atoms with Crippen molar-refractivity contribution in [3.05, 3.63) is 59.2 Å². The van der Waals surface area contributed by atoms with Crippen LogP contribution in [0.1, 0.15) is 50.4 Å². The Morgan fingerprint density at radius 1 is 1.03 bits per heavy atom. The average Bonchev–Trinajstić information content (AvgIpc) is 2.77. The van der Waals surface area contributed by atoms with Crippen LogP contribution in [0.2, 0.25) is 0 Å². The summed E-state index contributed by atoms with van der Waals surface area (Å²) in [4.78, 5) is 40.2. The van der Waals surface area contributed by atoms with E-state index in [1.807, 2.05) is 32.0 Å². The summed E-state index contributed by atoms with van der Waals surface area (Å²) in [5, 5.41) is 5.33. The van der Waals surface area contributed by atoms with E-state index in [1.165, 1.54) is 6.92 Å². The number of alkyl carbamates (subject to hydrolysis) is 1. The first-order valence-corrected chi connectivity index (χ1v) is 11.2. The van der Waals surface area contributed by atoms with Crippen LogP contribution in [0.15, 0.2) is 42.5 Å². The molecule has 0 radical (unpaired) electrons. The highest BCUT2D eigenvalue weighted by atomic mass is 16.6. The number of methoxy groups -OCH3 is 1. The fourth-order valence-electron chi connectivity index (χ4n) is 3.54. The molecule has 0 aliphatic carbocycles. The van der Waals surface area contributed by atoms with Gasteiger partial charge < -0.3 is 20.1 Å². The smallest absolute Gasteiger partial charge is 0.408 e. The Kier molecular flexibility index (Phi) is 8.90. The standard InChI is InChI=1S/C27H33N3O5/c1-9-30(25(32)19(4)28-26(33)35-27(5,6)7)23(22-17(2)11-10-12-18(22)3)24(31)29-20-13-15-21(34-8)16-14-20/h1,10-16,19,23H,2-8H3,(H,28,33)(H,29,31). The molecule has 0 spiro atoms. The lowest BCUT2D eigenvalue weighted by molar-refractivity contribution is -0.136. The summed E-state index contributed by atoms with van der Waals surface area (Å²) in [5.41, 5.74) is 1.96. The third-order valence-electron chi connectivity index (χ3n) is 5.16. The van der Waals surface area contributed by atoms with Crippen molar-refractivity contribution >= 4 is 23.6 Å². The van der Waals surface area contributed by atoms with Gasteiger partial charge in [-0.1, -0.05) is 24.6 Å². The number of ether oxygens (including phenoxy) is 2. The second-order valence-corrected chi connectivity index (χ2v) is 9.13. The van der Waals surface area contributed by atoms with Gasteiger partial charge in [-0.2, -0.15) is 0 Å². The van der Waals surface area contributed by atoms with Crippen LogP contribution in [-0.2, 0) is 14.3 Å². The summed E-state index contributed by atoms with van der Waals surface area (Å²) in [6, 6.07) is 12.5. The van der Waals surface area contributed by atoms with Gasteiger partial charge in [0.2, 0.25) is 0 Å². The summed E-state index contributed by atoms with van der Waals surface area (Å²) < 4.78 is 10.4. The SMILES string of the molecule is C#CN(C(=O)C(C)NC(=O)OC(C)(C)C)C(C(=O)Nc1ccc(OC)cc1)c1c(C)cccc1C. The molecule has 2 atom stereocenters. The maximum Gasteiger partial charge on any atom is 0.408 e. The molecule has 2 rings (SSSR count). The van der Waals surface area contributed by atoms with E-state index in [0.29, 0.717) is 17.0 Å². The number of nitrogens with zero attached hydrogens (tertiary/aromatic N) is 1. The molecule has 0 saturated heterocycles. The molecule has 0 aliphatic rings. The zero-order chi connectivity index (χ0) is 26.3. The van der Waals surface area contributed by atoms with Crippen LogP contribution in [0.25, 0.3) is 0 Å². The zero-order valence-corrected chi connectivity index (χ0v) is 21.3. The molecule has 8 nitrogen and oxygen atoms in total. The Hall–Kier alpha value is -3.99. The second-order valence-electron chi connectivity index (χ2n) is 9.13. The van der Waals surface area contributed by atoms with Gasteiger partial charge in [0.05, 0.1) is 7.11 Å². The minimum Gasteiger partial charge on any atom is -0.497 e. The van der Waals surface area contributed by atoms with Gasteiger partial charge in [-0.25, -0.2) is 4.79 Å². The van der Waals surface area contributed by atoms with Crippen LogP contribution >= 0.6 is 0 Å². The molecule has 0 heterocycles. The number of amides is 3. The van der Waals surface area contributed by atoms with Crippen LogP contribution in [-0.4, -0.2) is 41.6 Å². The van der Waals surface area contributed by atoms with Gasteiger partial charge in [-0.15, -0.1) is 0 Å². The lowest BCUT2D eigenvalue weighted by Gasteiger charge is -2.31. The summed E-state index contributed by atoms with van der Waals surface area (Å²) >= 11 is 0. The Morgan fingerprint density at radius 2 is 1.60 bits per heavy atom. The molecular formula is C27H33N3O5. The van der Waals surface area contributed by atoms with E-state index in [4.69, 9.17) is 15.9 Å². The number of benzene rings is 2. The third kappa shape index (κ3) is 7.24. The number of nitrogens with one attached hydrogen (secondary N) is 2. The molecule has 186 valence electrons. The molecule has 35 heavy (non-hydrogen) atoms. The maximum atomic E-state index is 13.6. The molecule has 2 aromatic rings. The van der Waals surface area contributed by atoms with Crippen LogP contribution in [0, 0.1) is 26.3 Å². The van der Waals surface area contributed by atoms with Crippen LogP contribution in [0.5, 0.6) is 5.75 Å². The highest BCUT2D eigenvalue weighted by Gasteiger charge is 2.36. The Bertz CT molecular complexity index is 1090. The minimum atomic E-state index is -1.14. The zero-order valence-electron chi connectivity index (χ0n) is 21.3. The molecule has 2 unspecified atom stereocenters. The van der Waals surface area contributed by atoms with Crippen molar-refractivity contribution in [2.24, 2.45) is 0 Å². The van der Waals surface area contributed by atoms with E-state index < -0.39 is 35.6 Å². The molecule has 0 aromatic heterocycles. The van der Waals surface area contributed by atoms with E-state index in [9.17, 15) is 14.4 Å². The van der Waals surface area contributed by atoms with Gasteiger partial charge in [0, 0.05) is 11.7 Å². The molecule has 0 aliphatic heterocycles. The minimum absolute atomic E-state index is 0.497. The second kappa shape index (κ2) is 11.4. The van der Waals surface area contributed by atoms with Crippen molar-refractivity contribution in [2.45, 2.75) is 59.2 Å². The van der Waals surface area contributed by atoms with Crippen molar-refractivity contribution in [2.75, 3.05) is 12.4 Å². The first kappa shape index (κ1) is 27.3. The predicted molar refractivity (Wildman–Crippen MR) is 135 cm³/mol. The first-order chi connectivity index (χ1) is 16.4. The fourth-order valence-corrected chi connectivity index (χ4v) is 3.54. The lowest BCUT2D eigenvalue weighted by atomic mass is 9.94. The number of hydrogen-bond donors (Lipinski definition) is 2. The number of anilines is 1. The molecule has 3 amide bonds. The van der Waals surface area contributed by atoms with Gasteiger partial charge in [0.15, 0.2) is 0 Å². The van der Waals surface area contributed by atoms with Gasteiger partial charge in [0.25, 0.3) is 11.8 Å². The Labute approximate surface area is 207 Å². The largest absolute Gasteiger partial charge is 0.497 e. The van der Waals surface area contributed by atoms with Gasteiger partial charge >= 0.3 is 6.09 Å². The average molecular weight is 480 g/mol. The van der Waals surface area contributed by atoms with E-state index in [1.54, 1.807) is 52.1 Å². The molecule has 0 saturated carbocycles. The summed E-state index contributed by atoms with van der Waals surface area (Å²) in [6.45, 7) is 10.3. The van der Waals surface area contributed by atoms with E-state index in [2.05, 4.69) is 16.7 Å². The number of hydrogen-bond acceptors (Lipinski definition) is 5. The Balaban J connectivity index is 2.41. The lowest BCUT2D eigenvalue weighted by Crippen LogP contribution is -2.49. The van der Waals surface area contributed by atoms with Crippen molar-refractivity contribution in [1.82, 2.24) is 10.2 Å². The quantitative estimate of drug-likeness (QED) is 0.455. The van der Waals surface area contributed by atoms with Gasteiger partial charge in [0.1, 0.15) is 23.4 Å². The monoisotopic (exact) mass is 479 g/mol. The highest BCUT2D eigenvalue weighted by molar-refractivity contribution is 6.00. The summed E-state index contributed by atoms with van der Waals surface area (Å²) in [7, 11) is 1.55. The number of terminal acetylenes is 1. The number of rotatable bonds is 7. The predicted octanol–water partition coefficient (Wildman–Crippen LogP) is 4.32. The van der Waals surface area contributed by atoms with Crippen molar-refractivity contribution in [3.63, 3.8) is 0 Å². The molecule has 2 aromatic carbocycles. The summed E-state index contributed by atoms with van der Waals surface area (Å²) in [5.74, 6) is -0.490. The first-order valence-electron chi connectivity index (χ1n) is 11.2. The van der Waals surface area contributed by atoms with Gasteiger partial charge in [-0.05, 0) is 82.5 Å². The van der Waals surface area contributed by atoms with Gasteiger partial charge in [-0.3, -0.25) is 14.5 Å². The normalized spacial score (nSPS) is 12.5. The van der Waals surface area contributed by atoms with Crippen molar-refractivity contribution in [3.8, 4) is 18.2 Å². The fraction of sp³-hybridized carbons (Fsp3) is 0.370. The number of carbonyl (C=O) groups excluding carboxylic acids is 3.